The minimum Gasteiger partial charge on any atom is -0.325 e. The second-order valence-electron chi connectivity index (χ2n) is 4.28. The van der Waals surface area contributed by atoms with Crippen molar-refractivity contribution in [2.24, 2.45) is 5.73 Å². The zero-order chi connectivity index (χ0) is 10.4. The van der Waals surface area contributed by atoms with Gasteiger partial charge in [0, 0.05) is 11.3 Å². The van der Waals surface area contributed by atoms with Crippen LogP contribution in [0.2, 0.25) is 0 Å². The molecule has 0 amide bonds. The molecule has 1 nitrogen and oxygen atoms in total. The third kappa shape index (κ3) is 5.30. The molecule has 1 aromatic rings. The first kappa shape index (κ1) is 11.6. The van der Waals surface area contributed by atoms with Gasteiger partial charge in [-0.1, -0.05) is 30.3 Å². The zero-order valence-electron chi connectivity index (χ0n) is 8.99. The molecular formula is C12H19NS. The van der Waals surface area contributed by atoms with Gasteiger partial charge in [0.25, 0.3) is 0 Å². The Hall–Kier alpha value is -0.470. The highest BCUT2D eigenvalue weighted by Gasteiger charge is 2.09. The molecule has 0 aliphatic carbocycles. The average molecular weight is 209 g/mol. The molecule has 2 N–H and O–H groups in total. The molecule has 0 aliphatic rings. The summed E-state index contributed by atoms with van der Waals surface area (Å²) in [7, 11) is 0. The summed E-state index contributed by atoms with van der Waals surface area (Å²) in [5, 5.41) is 0. The topological polar surface area (TPSA) is 26.0 Å². The Labute approximate surface area is 91.1 Å². The van der Waals surface area contributed by atoms with Crippen LogP contribution in [-0.2, 0) is 6.42 Å². The van der Waals surface area contributed by atoms with Crippen LogP contribution in [0.25, 0.3) is 0 Å². The van der Waals surface area contributed by atoms with Crippen LogP contribution in [-0.4, -0.2) is 17.0 Å². The second-order valence-corrected chi connectivity index (χ2v) is 5.38. The number of thioether (sulfide) groups is 1. The lowest BCUT2D eigenvalue weighted by Gasteiger charge is -2.17. The van der Waals surface area contributed by atoms with Crippen LogP contribution in [0, 0.1) is 0 Å². The molecule has 0 spiro atoms. The molecule has 0 fully saturated rings. The summed E-state index contributed by atoms with van der Waals surface area (Å²) >= 11 is 1.93. The van der Waals surface area contributed by atoms with Gasteiger partial charge < -0.3 is 5.73 Å². The summed E-state index contributed by atoms with van der Waals surface area (Å²) in [5.41, 5.74) is 7.27. The van der Waals surface area contributed by atoms with Gasteiger partial charge in [0.05, 0.1) is 0 Å². The van der Waals surface area contributed by atoms with E-state index >= 15 is 0 Å². The number of nitrogens with two attached hydrogens (primary N) is 1. The van der Waals surface area contributed by atoms with Gasteiger partial charge in [-0.25, -0.2) is 0 Å². The van der Waals surface area contributed by atoms with Crippen LogP contribution in [0.3, 0.4) is 0 Å². The van der Waals surface area contributed by atoms with Gasteiger partial charge in [-0.3, -0.25) is 0 Å². The van der Waals surface area contributed by atoms with Gasteiger partial charge in [0.2, 0.25) is 0 Å². The lowest BCUT2D eigenvalue weighted by Crippen LogP contribution is -2.34. The predicted molar refractivity (Wildman–Crippen MR) is 65.7 cm³/mol. The smallest absolute Gasteiger partial charge is 0.0188 e. The van der Waals surface area contributed by atoms with Crippen LogP contribution in [0.4, 0.5) is 0 Å². The van der Waals surface area contributed by atoms with Gasteiger partial charge in [-0.2, -0.15) is 11.8 Å². The van der Waals surface area contributed by atoms with Crippen molar-refractivity contribution in [3.8, 4) is 0 Å². The molecule has 1 rings (SSSR count). The third-order valence-electron chi connectivity index (χ3n) is 1.85. The molecule has 0 saturated carbocycles. The standard InChI is InChI=1S/C12H19NS/c1-12(2,13)10-14-9-8-11-6-4-3-5-7-11/h3-7H,8-10,13H2,1-2H3. The lowest BCUT2D eigenvalue weighted by molar-refractivity contribution is 0.591. The molecule has 0 radical (unpaired) electrons. The van der Waals surface area contributed by atoms with Crippen molar-refractivity contribution in [3.63, 3.8) is 0 Å². The number of rotatable bonds is 5. The summed E-state index contributed by atoms with van der Waals surface area (Å²) in [4.78, 5) is 0. The highest BCUT2D eigenvalue weighted by molar-refractivity contribution is 7.99. The van der Waals surface area contributed by atoms with Crippen LogP contribution in [0.5, 0.6) is 0 Å². The lowest BCUT2D eigenvalue weighted by atomic mass is 10.1. The number of hydrogen-bond donors (Lipinski definition) is 1. The molecule has 0 heterocycles. The quantitative estimate of drug-likeness (QED) is 0.755. The van der Waals surface area contributed by atoms with Crippen molar-refractivity contribution < 1.29 is 0 Å². The van der Waals surface area contributed by atoms with Gasteiger partial charge in [0.15, 0.2) is 0 Å². The summed E-state index contributed by atoms with van der Waals surface area (Å²) in [6, 6.07) is 10.6. The second kappa shape index (κ2) is 5.42. The first-order valence-corrected chi connectivity index (χ1v) is 6.14. The van der Waals surface area contributed by atoms with Crippen molar-refractivity contribution in [2.45, 2.75) is 25.8 Å². The maximum atomic E-state index is 5.89. The van der Waals surface area contributed by atoms with E-state index < -0.39 is 0 Å². The van der Waals surface area contributed by atoms with Crippen molar-refractivity contribution in [1.29, 1.82) is 0 Å². The number of aryl methyl sites for hydroxylation is 1. The number of benzene rings is 1. The Kier molecular flexibility index (Phi) is 4.49. The van der Waals surface area contributed by atoms with Gasteiger partial charge in [-0.05, 0) is 31.6 Å². The van der Waals surface area contributed by atoms with E-state index in [1.54, 1.807) is 0 Å². The zero-order valence-corrected chi connectivity index (χ0v) is 9.81. The molecule has 78 valence electrons. The van der Waals surface area contributed by atoms with Crippen molar-refractivity contribution in [2.75, 3.05) is 11.5 Å². The maximum absolute atomic E-state index is 5.89. The Morgan fingerprint density at radius 2 is 1.86 bits per heavy atom. The van der Waals surface area contributed by atoms with Crippen LogP contribution < -0.4 is 5.73 Å². The van der Waals surface area contributed by atoms with E-state index in [-0.39, 0.29) is 5.54 Å². The fourth-order valence-electron chi connectivity index (χ4n) is 1.17. The molecule has 0 aliphatic heterocycles. The molecule has 14 heavy (non-hydrogen) atoms. The minimum atomic E-state index is -0.0403. The van der Waals surface area contributed by atoms with E-state index in [4.69, 9.17) is 5.73 Å². The van der Waals surface area contributed by atoms with Crippen molar-refractivity contribution >= 4 is 11.8 Å². The maximum Gasteiger partial charge on any atom is 0.0188 e. The van der Waals surface area contributed by atoms with Crippen LogP contribution >= 0.6 is 11.8 Å². The largest absolute Gasteiger partial charge is 0.325 e. The molecule has 2 heteroatoms. The Morgan fingerprint density at radius 1 is 1.21 bits per heavy atom. The molecule has 0 unspecified atom stereocenters. The van der Waals surface area contributed by atoms with E-state index in [2.05, 4.69) is 44.2 Å². The summed E-state index contributed by atoms with van der Waals surface area (Å²) < 4.78 is 0. The van der Waals surface area contributed by atoms with Gasteiger partial charge in [-0.15, -0.1) is 0 Å². The first-order valence-electron chi connectivity index (χ1n) is 4.98. The predicted octanol–water partition coefficient (Wildman–Crippen LogP) is 2.70. The Morgan fingerprint density at radius 3 is 2.43 bits per heavy atom. The molecule has 1 aromatic carbocycles. The third-order valence-corrected chi connectivity index (χ3v) is 3.29. The molecular weight excluding hydrogens is 190 g/mol. The fraction of sp³-hybridized carbons (Fsp3) is 0.500. The highest BCUT2D eigenvalue weighted by Crippen LogP contribution is 2.12. The van der Waals surface area contributed by atoms with E-state index in [9.17, 15) is 0 Å². The van der Waals surface area contributed by atoms with E-state index in [1.807, 2.05) is 11.8 Å². The Balaban J connectivity index is 2.17. The van der Waals surface area contributed by atoms with Crippen molar-refractivity contribution in [1.82, 2.24) is 0 Å². The van der Waals surface area contributed by atoms with Crippen LogP contribution in [0.15, 0.2) is 30.3 Å². The summed E-state index contributed by atoms with van der Waals surface area (Å²) in [5.74, 6) is 2.18. The molecule has 0 aromatic heterocycles. The van der Waals surface area contributed by atoms with E-state index in [1.165, 1.54) is 5.56 Å². The molecule has 0 bridgehead atoms. The van der Waals surface area contributed by atoms with E-state index in [0.717, 1.165) is 17.9 Å². The molecule has 0 atom stereocenters. The monoisotopic (exact) mass is 209 g/mol. The van der Waals surface area contributed by atoms with Crippen LogP contribution in [0.1, 0.15) is 19.4 Å². The van der Waals surface area contributed by atoms with Gasteiger partial charge in [0.1, 0.15) is 0 Å². The molecule has 0 saturated heterocycles. The van der Waals surface area contributed by atoms with E-state index in [0.29, 0.717) is 0 Å². The first-order chi connectivity index (χ1) is 6.58. The fourth-order valence-corrected chi connectivity index (χ4v) is 2.22. The normalized spacial score (nSPS) is 11.6. The highest BCUT2D eigenvalue weighted by atomic mass is 32.2. The van der Waals surface area contributed by atoms with Crippen molar-refractivity contribution in [3.05, 3.63) is 35.9 Å². The Bertz CT molecular complexity index is 251. The van der Waals surface area contributed by atoms with Gasteiger partial charge >= 0.3 is 0 Å². The number of hydrogen-bond acceptors (Lipinski definition) is 2. The minimum absolute atomic E-state index is 0.0403. The SMILES string of the molecule is CC(C)(N)CSCCc1ccccc1. The summed E-state index contributed by atoms with van der Waals surface area (Å²) in [6.45, 7) is 4.14. The summed E-state index contributed by atoms with van der Waals surface area (Å²) in [6.07, 6.45) is 1.14. The average Bonchev–Trinajstić information content (AvgIpc) is 2.13.